The zero-order valence-electron chi connectivity index (χ0n) is 4.21. The lowest BCUT2D eigenvalue weighted by Crippen LogP contribution is -1.64. The van der Waals surface area contributed by atoms with E-state index in [-0.39, 0.29) is 9.90 Å². The smallest absolute Gasteiger partial charge is 0.00312 e. The van der Waals surface area contributed by atoms with Crippen LogP contribution in [0, 0.1) is 0 Å². The van der Waals surface area contributed by atoms with Crippen LogP contribution in [-0.2, 0) is 0 Å². The quantitative estimate of drug-likeness (QED) is 0.441. The van der Waals surface area contributed by atoms with Gasteiger partial charge in [0.1, 0.15) is 0 Å². The summed E-state index contributed by atoms with van der Waals surface area (Å²) in [5.74, 6) is 0. The predicted molar refractivity (Wildman–Crippen MR) is 39.8 cm³/mol. The summed E-state index contributed by atoms with van der Waals surface area (Å²) < 4.78 is 0. The fraction of sp³-hybridized carbons (Fsp3) is 1.00. The Hall–Kier alpha value is 0.910. The largest absolute Gasteiger partial charge is 0.153 e. The zero-order chi connectivity index (χ0) is 4.12. The number of hydrogen-bond donors (Lipinski definition) is 0. The summed E-state index contributed by atoms with van der Waals surface area (Å²) in [5.41, 5.74) is 0. The summed E-state index contributed by atoms with van der Waals surface area (Å²) in [7, 11) is 0. The Morgan fingerprint density at radius 1 is 1.50 bits per heavy atom. The van der Waals surface area contributed by atoms with Crippen LogP contribution in [0.5, 0.6) is 0 Å². The van der Waals surface area contributed by atoms with E-state index in [1.54, 1.807) is 0 Å². The number of hydrogen-bond acceptors (Lipinski definition) is 0. The molecule has 0 heterocycles. The predicted octanol–water partition coefficient (Wildman–Crippen LogP) is 2.24. The van der Waals surface area contributed by atoms with Gasteiger partial charge in [-0.05, 0) is 6.42 Å². The van der Waals surface area contributed by atoms with Gasteiger partial charge in [0.15, 0.2) is 0 Å². The molecule has 0 aliphatic heterocycles. The molecule has 1 unspecified atom stereocenters. The third kappa shape index (κ3) is 8.86. The van der Waals surface area contributed by atoms with E-state index >= 15 is 0 Å². The molecule has 0 N–H and O–H groups in total. The number of unbranched alkanes of at least 4 members (excludes halogenated alkanes) is 1. The second kappa shape index (κ2) is 9.32. The molecular formula is C4H12BrP. The fourth-order valence-corrected chi connectivity index (χ4v) is 0.694. The first-order chi connectivity index (χ1) is 2.41. The van der Waals surface area contributed by atoms with E-state index < -0.39 is 0 Å². The third-order valence-corrected chi connectivity index (χ3v) is 1.05. The first-order valence-corrected chi connectivity index (χ1v) is 3.10. The van der Waals surface area contributed by atoms with Crippen molar-refractivity contribution in [3.8, 4) is 0 Å². The van der Waals surface area contributed by atoms with Crippen molar-refractivity contribution in [2.24, 2.45) is 0 Å². The molecule has 0 aliphatic rings. The maximum absolute atomic E-state index is 3.31. The Balaban J connectivity index is 0. The van der Waals surface area contributed by atoms with Crippen molar-refractivity contribution in [2.45, 2.75) is 19.8 Å². The van der Waals surface area contributed by atoms with Gasteiger partial charge >= 0.3 is 0 Å². The van der Waals surface area contributed by atoms with Crippen LogP contribution in [0.2, 0.25) is 0 Å². The van der Waals surface area contributed by atoms with Crippen molar-refractivity contribution >= 4 is 25.8 Å². The standard InChI is InChI=1S/C4H9Br.H3P/c1-2-3-4-5;/h2-4H2,1H3;1H3. The number of halogens is 1. The van der Waals surface area contributed by atoms with Crippen LogP contribution in [0.25, 0.3) is 0 Å². The molecule has 0 aliphatic carbocycles. The van der Waals surface area contributed by atoms with Crippen molar-refractivity contribution in [2.75, 3.05) is 5.33 Å². The van der Waals surface area contributed by atoms with Crippen LogP contribution in [0.3, 0.4) is 0 Å². The topological polar surface area (TPSA) is 0 Å². The lowest BCUT2D eigenvalue weighted by Gasteiger charge is -1.77. The van der Waals surface area contributed by atoms with Gasteiger partial charge < -0.3 is 0 Å². The number of alkyl halides is 1. The van der Waals surface area contributed by atoms with Crippen LogP contribution in [-0.4, -0.2) is 5.33 Å². The van der Waals surface area contributed by atoms with Crippen LogP contribution in [0.4, 0.5) is 0 Å². The summed E-state index contributed by atoms with van der Waals surface area (Å²) in [6.45, 7) is 2.18. The highest BCUT2D eigenvalue weighted by atomic mass is 79.9. The molecule has 0 bridgehead atoms. The van der Waals surface area contributed by atoms with Crippen molar-refractivity contribution in [3.63, 3.8) is 0 Å². The molecule has 0 aromatic rings. The summed E-state index contributed by atoms with van der Waals surface area (Å²) in [6.07, 6.45) is 2.60. The molecule has 0 saturated heterocycles. The Labute approximate surface area is 51.5 Å². The van der Waals surface area contributed by atoms with Gasteiger partial charge in [-0.25, -0.2) is 0 Å². The van der Waals surface area contributed by atoms with Crippen molar-refractivity contribution < 1.29 is 0 Å². The molecule has 0 rings (SSSR count). The lowest BCUT2D eigenvalue weighted by atomic mass is 10.4. The molecule has 0 nitrogen and oxygen atoms in total. The minimum absolute atomic E-state index is 0. The minimum Gasteiger partial charge on any atom is -0.153 e. The maximum atomic E-state index is 3.31. The van der Waals surface area contributed by atoms with E-state index in [0.717, 1.165) is 5.33 Å². The third-order valence-electron chi connectivity index (χ3n) is 0.487. The second-order valence-electron chi connectivity index (χ2n) is 1.04. The average Bonchev–Trinajstić information content (AvgIpc) is 1.41. The highest BCUT2D eigenvalue weighted by molar-refractivity contribution is 9.09. The molecule has 0 fully saturated rings. The second-order valence-corrected chi connectivity index (χ2v) is 1.84. The van der Waals surface area contributed by atoms with Gasteiger partial charge in [-0.2, -0.15) is 9.90 Å². The van der Waals surface area contributed by atoms with E-state index in [1.165, 1.54) is 12.8 Å². The van der Waals surface area contributed by atoms with E-state index in [4.69, 9.17) is 0 Å². The minimum atomic E-state index is 0. The van der Waals surface area contributed by atoms with Crippen molar-refractivity contribution in [1.29, 1.82) is 0 Å². The monoisotopic (exact) mass is 170 g/mol. The van der Waals surface area contributed by atoms with Gasteiger partial charge in [0.25, 0.3) is 0 Å². The lowest BCUT2D eigenvalue weighted by molar-refractivity contribution is 0.902. The molecule has 6 heavy (non-hydrogen) atoms. The van der Waals surface area contributed by atoms with Crippen LogP contribution >= 0.6 is 25.8 Å². The fourth-order valence-electron chi connectivity index (χ4n) is 0.134. The average molecular weight is 171 g/mol. The van der Waals surface area contributed by atoms with Crippen LogP contribution < -0.4 is 0 Å². The highest BCUT2D eigenvalue weighted by Gasteiger charge is 1.69. The normalized spacial score (nSPS) is 7.00. The SMILES string of the molecule is CCCCBr.P. The molecule has 0 radical (unpaired) electrons. The molecule has 2 heteroatoms. The van der Waals surface area contributed by atoms with E-state index in [2.05, 4.69) is 22.9 Å². The van der Waals surface area contributed by atoms with E-state index in [1.807, 2.05) is 0 Å². The molecule has 0 aromatic carbocycles. The first kappa shape index (κ1) is 10.0. The van der Waals surface area contributed by atoms with Gasteiger partial charge in [-0.15, -0.1) is 0 Å². The van der Waals surface area contributed by atoms with Crippen LogP contribution in [0.15, 0.2) is 0 Å². The molecule has 0 aromatic heterocycles. The zero-order valence-corrected chi connectivity index (χ0v) is 7.21. The van der Waals surface area contributed by atoms with Gasteiger partial charge in [-0.3, -0.25) is 0 Å². The molecular weight excluding hydrogens is 159 g/mol. The molecule has 1 atom stereocenters. The van der Waals surface area contributed by atoms with Gasteiger partial charge in [0, 0.05) is 5.33 Å². The Kier molecular flexibility index (Phi) is 15.6. The Bertz CT molecular complexity index is 15.0. The van der Waals surface area contributed by atoms with Crippen LogP contribution in [0.1, 0.15) is 19.8 Å². The Morgan fingerprint density at radius 2 is 2.00 bits per heavy atom. The molecule has 0 amide bonds. The summed E-state index contributed by atoms with van der Waals surface area (Å²) in [4.78, 5) is 0. The highest BCUT2D eigenvalue weighted by Crippen LogP contribution is 1.89. The summed E-state index contributed by atoms with van der Waals surface area (Å²) >= 11 is 3.31. The Morgan fingerprint density at radius 3 is 2.00 bits per heavy atom. The summed E-state index contributed by atoms with van der Waals surface area (Å²) in [6, 6.07) is 0. The van der Waals surface area contributed by atoms with E-state index in [0.29, 0.717) is 0 Å². The summed E-state index contributed by atoms with van der Waals surface area (Å²) in [5, 5.41) is 1.16. The van der Waals surface area contributed by atoms with Gasteiger partial charge in [0.05, 0.1) is 0 Å². The molecule has 40 valence electrons. The van der Waals surface area contributed by atoms with Crippen molar-refractivity contribution in [1.82, 2.24) is 0 Å². The molecule has 0 spiro atoms. The van der Waals surface area contributed by atoms with Gasteiger partial charge in [0.2, 0.25) is 0 Å². The maximum Gasteiger partial charge on any atom is 0.00312 e. The number of rotatable bonds is 2. The van der Waals surface area contributed by atoms with Crippen molar-refractivity contribution in [3.05, 3.63) is 0 Å². The van der Waals surface area contributed by atoms with E-state index in [9.17, 15) is 0 Å². The van der Waals surface area contributed by atoms with Gasteiger partial charge in [-0.1, -0.05) is 29.3 Å². The first-order valence-electron chi connectivity index (χ1n) is 1.97. The molecule has 0 saturated carbocycles.